The molecular weight excluding hydrogens is 396 g/mol. The number of nitrogens with zero attached hydrogens (tertiary/aromatic N) is 3. The van der Waals surface area contributed by atoms with Crippen molar-refractivity contribution in [1.29, 1.82) is 0 Å². The van der Waals surface area contributed by atoms with Crippen LogP contribution in [0.1, 0.15) is 17.4 Å². The normalized spacial score (nSPS) is 11.4. The summed E-state index contributed by atoms with van der Waals surface area (Å²) in [5.74, 6) is -0.951. The summed E-state index contributed by atoms with van der Waals surface area (Å²) >= 11 is 5.72. The molecule has 11 heteroatoms. The number of nitrogens with one attached hydrogen (secondary N) is 1. The minimum Gasteiger partial charge on any atom is -0.461 e. The molecule has 0 saturated carbocycles. The molecule has 0 aliphatic rings. The number of anilines is 1. The van der Waals surface area contributed by atoms with Crippen molar-refractivity contribution in [2.45, 2.75) is 11.8 Å². The van der Waals surface area contributed by atoms with Crippen LogP contribution in [-0.2, 0) is 26.6 Å². The lowest BCUT2D eigenvalue weighted by Gasteiger charge is -2.15. The number of carbonyl (C=O) groups is 2. The Morgan fingerprint density at radius 1 is 1.37 bits per heavy atom. The first-order chi connectivity index (χ1) is 12.6. The Bertz CT molecular complexity index is 940. The third-order valence-electron chi connectivity index (χ3n) is 3.53. The lowest BCUT2D eigenvalue weighted by atomic mass is 10.4. The highest BCUT2D eigenvalue weighted by Gasteiger charge is 2.26. The van der Waals surface area contributed by atoms with Crippen molar-refractivity contribution in [2.75, 3.05) is 25.5 Å². The molecule has 0 aliphatic carbocycles. The van der Waals surface area contributed by atoms with Gasteiger partial charge in [0.1, 0.15) is 16.4 Å². The largest absolute Gasteiger partial charge is 0.461 e. The van der Waals surface area contributed by atoms with Crippen LogP contribution in [0.2, 0.25) is 5.02 Å². The average Bonchev–Trinajstić information content (AvgIpc) is 2.99. The van der Waals surface area contributed by atoms with E-state index in [1.807, 2.05) is 0 Å². The number of rotatable bonds is 7. The van der Waals surface area contributed by atoms with Gasteiger partial charge in [0.05, 0.1) is 18.2 Å². The number of sulfonamides is 1. The number of carbonyl (C=O) groups excluding carboxylic acids is 2. The number of ether oxygens (including phenoxy) is 1. The van der Waals surface area contributed by atoms with Gasteiger partial charge in [0, 0.05) is 26.5 Å². The highest BCUT2D eigenvalue weighted by atomic mass is 35.5. The van der Waals surface area contributed by atoms with Gasteiger partial charge in [-0.25, -0.2) is 18.2 Å². The number of hydrogen-bond donors (Lipinski definition) is 1. The standard InChI is InChI=1S/C16H19ClN4O5S/c1-4-26-16(23)13-7-12(9-20(13)2)27(24,25)21(3)10-15(22)19-14-6-5-11(17)8-18-14/h5-9H,4,10H2,1-3H3,(H,18,19,22). The molecule has 0 bridgehead atoms. The van der Waals surface area contributed by atoms with Crippen molar-refractivity contribution < 1.29 is 22.7 Å². The fourth-order valence-corrected chi connectivity index (χ4v) is 3.49. The van der Waals surface area contributed by atoms with Crippen LogP contribution in [0.4, 0.5) is 5.82 Å². The molecule has 1 amide bonds. The summed E-state index contributed by atoms with van der Waals surface area (Å²) in [4.78, 5) is 27.7. The Morgan fingerprint density at radius 2 is 2.07 bits per heavy atom. The van der Waals surface area contributed by atoms with Crippen molar-refractivity contribution in [2.24, 2.45) is 7.05 Å². The summed E-state index contributed by atoms with van der Waals surface area (Å²) in [5.41, 5.74) is 0.0960. The van der Waals surface area contributed by atoms with E-state index in [-0.39, 0.29) is 23.0 Å². The van der Waals surface area contributed by atoms with Gasteiger partial charge < -0.3 is 14.6 Å². The van der Waals surface area contributed by atoms with Crippen molar-refractivity contribution in [3.05, 3.63) is 41.3 Å². The molecule has 146 valence electrons. The summed E-state index contributed by atoms with van der Waals surface area (Å²) in [6.07, 6.45) is 2.65. The Balaban J connectivity index is 2.11. The van der Waals surface area contributed by atoms with E-state index in [0.717, 1.165) is 4.31 Å². The molecule has 0 unspecified atom stereocenters. The molecule has 1 N–H and O–H groups in total. The zero-order valence-corrected chi connectivity index (χ0v) is 16.5. The van der Waals surface area contributed by atoms with Gasteiger partial charge in [0.25, 0.3) is 0 Å². The van der Waals surface area contributed by atoms with E-state index in [1.54, 1.807) is 13.0 Å². The van der Waals surface area contributed by atoms with Crippen LogP contribution in [0.25, 0.3) is 0 Å². The molecule has 0 atom stereocenters. The van der Waals surface area contributed by atoms with E-state index in [2.05, 4.69) is 10.3 Å². The predicted molar refractivity (Wildman–Crippen MR) is 99.1 cm³/mol. The van der Waals surface area contributed by atoms with Crippen LogP contribution in [0, 0.1) is 0 Å². The van der Waals surface area contributed by atoms with Crippen LogP contribution in [0.15, 0.2) is 35.5 Å². The predicted octanol–water partition coefficient (Wildman–Crippen LogP) is 1.51. The summed E-state index contributed by atoms with van der Waals surface area (Å²) in [5, 5.41) is 2.89. The van der Waals surface area contributed by atoms with Gasteiger partial charge in [0.2, 0.25) is 15.9 Å². The van der Waals surface area contributed by atoms with Crippen LogP contribution in [-0.4, -0.2) is 54.3 Å². The molecule has 9 nitrogen and oxygen atoms in total. The fourth-order valence-electron chi connectivity index (χ4n) is 2.18. The van der Waals surface area contributed by atoms with E-state index < -0.39 is 28.4 Å². The van der Waals surface area contributed by atoms with Gasteiger partial charge in [-0.1, -0.05) is 11.6 Å². The van der Waals surface area contributed by atoms with Gasteiger partial charge in [-0.05, 0) is 25.1 Å². The van der Waals surface area contributed by atoms with Crippen molar-refractivity contribution in [1.82, 2.24) is 13.9 Å². The number of aromatic nitrogens is 2. The van der Waals surface area contributed by atoms with Gasteiger partial charge in [0.15, 0.2) is 0 Å². The van der Waals surface area contributed by atoms with Gasteiger partial charge in [-0.15, -0.1) is 0 Å². The molecule has 0 fully saturated rings. The molecule has 2 aromatic rings. The second kappa shape index (κ2) is 8.51. The van der Waals surface area contributed by atoms with Crippen LogP contribution in [0.5, 0.6) is 0 Å². The maximum atomic E-state index is 12.7. The Morgan fingerprint density at radius 3 is 2.67 bits per heavy atom. The maximum Gasteiger partial charge on any atom is 0.354 e. The van der Waals surface area contributed by atoms with Gasteiger partial charge >= 0.3 is 5.97 Å². The molecule has 0 saturated heterocycles. The number of likely N-dealkylation sites (N-methyl/N-ethyl adjacent to an activating group) is 1. The zero-order chi connectivity index (χ0) is 20.2. The number of esters is 1. The number of aryl methyl sites for hydroxylation is 1. The van der Waals surface area contributed by atoms with Crippen LogP contribution in [0.3, 0.4) is 0 Å². The fraction of sp³-hybridized carbons (Fsp3) is 0.312. The van der Waals surface area contributed by atoms with Gasteiger partial charge in [-0.3, -0.25) is 4.79 Å². The molecule has 0 spiro atoms. The Labute approximate surface area is 161 Å². The number of halogens is 1. The Kier molecular flexibility index (Phi) is 6.58. The van der Waals surface area contributed by atoms with E-state index in [0.29, 0.717) is 5.02 Å². The lowest BCUT2D eigenvalue weighted by molar-refractivity contribution is -0.116. The third-order valence-corrected chi connectivity index (χ3v) is 5.53. The van der Waals surface area contributed by atoms with E-state index >= 15 is 0 Å². The molecular formula is C16H19ClN4O5S. The molecule has 0 aliphatic heterocycles. The molecule has 2 heterocycles. The monoisotopic (exact) mass is 414 g/mol. The van der Waals surface area contributed by atoms with E-state index in [4.69, 9.17) is 16.3 Å². The average molecular weight is 415 g/mol. The van der Waals surface area contributed by atoms with Gasteiger partial charge in [-0.2, -0.15) is 4.31 Å². The zero-order valence-electron chi connectivity index (χ0n) is 15.0. The summed E-state index contributed by atoms with van der Waals surface area (Å²) in [7, 11) is -1.18. The van der Waals surface area contributed by atoms with Crippen LogP contribution >= 0.6 is 11.6 Å². The maximum absolute atomic E-state index is 12.7. The van der Waals surface area contributed by atoms with Crippen LogP contribution < -0.4 is 5.32 Å². The second-order valence-corrected chi connectivity index (χ2v) is 8.04. The molecule has 2 aromatic heterocycles. The Hall–Kier alpha value is -2.43. The SMILES string of the molecule is CCOC(=O)c1cc(S(=O)(=O)N(C)CC(=O)Nc2ccc(Cl)cn2)cn1C. The van der Waals surface area contributed by atoms with Crippen molar-refractivity contribution >= 4 is 39.3 Å². The molecule has 0 aromatic carbocycles. The van der Waals surface area contributed by atoms with E-state index in [9.17, 15) is 18.0 Å². The first kappa shape index (κ1) is 20.9. The smallest absolute Gasteiger partial charge is 0.354 e. The topological polar surface area (TPSA) is 111 Å². The second-order valence-electron chi connectivity index (χ2n) is 5.56. The third kappa shape index (κ3) is 5.06. The summed E-state index contributed by atoms with van der Waals surface area (Å²) in [6.45, 7) is 1.39. The molecule has 0 radical (unpaired) electrons. The molecule has 27 heavy (non-hydrogen) atoms. The van der Waals surface area contributed by atoms with Crippen molar-refractivity contribution in [3.63, 3.8) is 0 Å². The number of hydrogen-bond acceptors (Lipinski definition) is 6. The quantitative estimate of drug-likeness (QED) is 0.687. The summed E-state index contributed by atoms with van der Waals surface area (Å²) < 4.78 is 32.4. The first-order valence-electron chi connectivity index (χ1n) is 7.86. The van der Waals surface area contributed by atoms with Crippen molar-refractivity contribution in [3.8, 4) is 0 Å². The highest BCUT2D eigenvalue weighted by Crippen LogP contribution is 2.18. The minimum absolute atomic E-state index is 0.0960. The highest BCUT2D eigenvalue weighted by molar-refractivity contribution is 7.89. The molecule has 2 rings (SSSR count). The summed E-state index contributed by atoms with van der Waals surface area (Å²) in [6, 6.07) is 4.26. The van der Waals surface area contributed by atoms with E-state index in [1.165, 1.54) is 43.2 Å². The lowest BCUT2D eigenvalue weighted by Crippen LogP contribution is -2.35. The number of pyridine rings is 1. The first-order valence-corrected chi connectivity index (χ1v) is 9.68. The number of amides is 1. The minimum atomic E-state index is -3.98.